The van der Waals surface area contributed by atoms with Crippen molar-refractivity contribution in [2.45, 2.75) is 6.54 Å². The van der Waals surface area contributed by atoms with Gasteiger partial charge in [0.15, 0.2) is 5.82 Å². The average Bonchev–Trinajstić information content (AvgIpc) is 3.08. The minimum absolute atomic E-state index is 0.125. The summed E-state index contributed by atoms with van der Waals surface area (Å²) in [5.41, 5.74) is 11.7. The highest BCUT2D eigenvalue weighted by molar-refractivity contribution is 6.00. The summed E-state index contributed by atoms with van der Waals surface area (Å²) < 4.78 is 15.1. The number of nitrogens with one attached hydrogen (secondary N) is 1. The second kappa shape index (κ2) is 6.66. The Kier molecular flexibility index (Phi) is 4.19. The first-order valence-electron chi connectivity index (χ1n) is 8.22. The number of benzene rings is 1. The first-order valence-corrected chi connectivity index (χ1v) is 8.22. The molecule has 0 atom stereocenters. The van der Waals surface area contributed by atoms with Crippen molar-refractivity contribution in [1.82, 2.24) is 20.2 Å². The van der Waals surface area contributed by atoms with E-state index in [1.54, 1.807) is 29.2 Å². The van der Waals surface area contributed by atoms with Crippen molar-refractivity contribution in [2.75, 3.05) is 18.1 Å². The van der Waals surface area contributed by atoms with Crippen LogP contribution in [0.1, 0.15) is 0 Å². The van der Waals surface area contributed by atoms with E-state index in [-0.39, 0.29) is 18.3 Å². The number of pyridine rings is 1. The summed E-state index contributed by atoms with van der Waals surface area (Å²) in [7, 11) is 0. The van der Waals surface area contributed by atoms with Crippen molar-refractivity contribution in [3.8, 4) is 22.4 Å². The van der Waals surface area contributed by atoms with E-state index in [1.165, 1.54) is 17.1 Å². The topological polar surface area (TPSA) is 89.1 Å². The number of fused-ring (bicyclic) bond motifs is 1. The van der Waals surface area contributed by atoms with Crippen molar-refractivity contribution >= 4 is 11.7 Å². The summed E-state index contributed by atoms with van der Waals surface area (Å²) in [5.74, 6) is 0.0498. The van der Waals surface area contributed by atoms with Crippen LogP contribution in [-0.2, 0) is 11.3 Å². The van der Waals surface area contributed by atoms with Gasteiger partial charge in [0.1, 0.15) is 11.5 Å². The standard InChI is InChI=1S/C18H17FN6O/c19-14-3-1-13(2-4-14)17-16(12-5-7-21-8-6-12)18-24(23-17)10-9-22-25(18)15(26)11-20/h1-8,22H,9-11,20H2. The minimum atomic E-state index is -0.315. The summed E-state index contributed by atoms with van der Waals surface area (Å²) >= 11 is 0. The number of hydrogen-bond acceptors (Lipinski definition) is 5. The fraction of sp³-hybridized carbons (Fsp3) is 0.167. The van der Waals surface area contributed by atoms with Gasteiger partial charge in [-0.15, -0.1) is 0 Å². The van der Waals surface area contributed by atoms with E-state index in [4.69, 9.17) is 10.8 Å². The van der Waals surface area contributed by atoms with Gasteiger partial charge in [-0.05, 0) is 42.0 Å². The summed E-state index contributed by atoms with van der Waals surface area (Å²) in [6.45, 7) is 1.03. The molecule has 0 unspecified atom stereocenters. The maximum absolute atomic E-state index is 13.4. The van der Waals surface area contributed by atoms with E-state index in [9.17, 15) is 9.18 Å². The zero-order chi connectivity index (χ0) is 18.1. The van der Waals surface area contributed by atoms with Crippen LogP contribution in [0.15, 0.2) is 48.8 Å². The Morgan fingerprint density at radius 1 is 1.15 bits per heavy atom. The number of hydrogen-bond donors (Lipinski definition) is 2. The number of nitrogens with zero attached hydrogens (tertiary/aromatic N) is 4. The number of anilines is 1. The molecule has 1 aliphatic rings. The molecule has 0 spiro atoms. The Morgan fingerprint density at radius 2 is 1.88 bits per heavy atom. The molecule has 132 valence electrons. The first kappa shape index (κ1) is 16.4. The Labute approximate surface area is 149 Å². The molecule has 1 amide bonds. The van der Waals surface area contributed by atoms with Gasteiger partial charge in [-0.2, -0.15) is 5.10 Å². The molecule has 8 heteroatoms. The zero-order valence-electron chi connectivity index (χ0n) is 13.9. The molecule has 0 saturated heterocycles. The predicted octanol–water partition coefficient (Wildman–Crippen LogP) is 1.56. The van der Waals surface area contributed by atoms with Crippen LogP contribution in [0.4, 0.5) is 10.2 Å². The molecule has 0 bridgehead atoms. The summed E-state index contributed by atoms with van der Waals surface area (Å²) in [4.78, 5) is 16.4. The lowest BCUT2D eigenvalue weighted by Gasteiger charge is -2.29. The average molecular weight is 352 g/mol. The number of aromatic nitrogens is 3. The van der Waals surface area contributed by atoms with Crippen molar-refractivity contribution in [3.63, 3.8) is 0 Å². The molecular weight excluding hydrogens is 335 g/mol. The van der Waals surface area contributed by atoms with Crippen LogP contribution in [0, 0.1) is 5.82 Å². The molecule has 3 N–H and O–H groups in total. The summed E-state index contributed by atoms with van der Waals surface area (Å²) in [6, 6.07) is 9.85. The van der Waals surface area contributed by atoms with Crippen LogP contribution in [0.3, 0.4) is 0 Å². The van der Waals surface area contributed by atoms with Crippen LogP contribution in [0.25, 0.3) is 22.4 Å². The van der Waals surface area contributed by atoms with Gasteiger partial charge in [0.25, 0.3) is 5.91 Å². The summed E-state index contributed by atoms with van der Waals surface area (Å²) in [5, 5.41) is 6.14. The molecule has 4 rings (SSSR count). The number of rotatable bonds is 3. The van der Waals surface area contributed by atoms with Crippen molar-refractivity contribution in [2.24, 2.45) is 5.73 Å². The first-order chi connectivity index (χ1) is 12.7. The molecule has 0 aliphatic carbocycles. The lowest BCUT2D eigenvalue weighted by molar-refractivity contribution is -0.118. The van der Waals surface area contributed by atoms with Crippen molar-refractivity contribution in [1.29, 1.82) is 0 Å². The number of carbonyl (C=O) groups excluding carboxylic acids is 1. The predicted molar refractivity (Wildman–Crippen MR) is 95.4 cm³/mol. The molecule has 0 radical (unpaired) electrons. The van der Waals surface area contributed by atoms with Gasteiger partial charge in [-0.1, -0.05) is 0 Å². The van der Waals surface area contributed by atoms with Gasteiger partial charge in [-0.25, -0.2) is 19.5 Å². The highest BCUT2D eigenvalue weighted by Gasteiger charge is 2.30. The monoisotopic (exact) mass is 352 g/mol. The number of amides is 1. The maximum Gasteiger partial charge on any atom is 0.256 e. The quantitative estimate of drug-likeness (QED) is 0.747. The third-order valence-corrected chi connectivity index (χ3v) is 4.24. The smallest absolute Gasteiger partial charge is 0.256 e. The normalized spacial score (nSPS) is 13.5. The van der Waals surface area contributed by atoms with E-state index < -0.39 is 0 Å². The van der Waals surface area contributed by atoms with Crippen LogP contribution >= 0.6 is 0 Å². The van der Waals surface area contributed by atoms with E-state index in [2.05, 4.69) is 10.4 Å². The molecule has 3 heterocycles. The fourth-order valence-corrected chi connectivity index (χ4v) is 3.07. The highest BCUT2D eigenvalue weighted by Crippen LogP contribution is 2.39. The lowest BCUT2D eigenvalue weighted by Crippen LogP contribution is -2.51. The van der Waals surface area contributed by atoms with Crippen LogP contribution in [0.2, 0.25) is 0 Å². The maximum atomic E-state index is 13.4. The van der Waals surface area contributed by atoms with Gasteiger partial charge in [0, 0.05) is 24.5 Å². The fourth-order valence-electron chi connectivity index (χ4n) is 3.07. The molecular formula is C18H17FN6O. The molecule has 0 saturated carbocycles. The van der Waals surface area contributed by atoms with Gasteiger partial charge in [0.05, 0.1) is 18.7 Å². The SMILES string of the molecule is NCC(=O)N1NCCn2nc(-c3ccc(F)cc3)c(-c3ccncc3)c21. The third-order valence-electron chi connectivity index (χ3n) is 4.24. The molecule has 2 aromatic heterocycles. The number of halogens is 1. The Morgan fingerprint density at radius 3 is 2.58 bits per heavy atom. The molecule has 1 aromatic carbocycles. The minimum Gasteiger partial charge on any atom is -0.322 e. The van der Waals surface area contributed by atoms with E-state index in [0.29, 0.717) is 24.6 Å². The lowest BCUT2D eigenvalue weighted by atomic mass is 10.0. The largest absolute Gasteiger partial charge is 0.322 e. The third kappa shape index (κ3) is 2.75. The van der Waals surface area contributed by atoms with E-state index >= 15 is 0 Å². The van der Waals surface area contributed by atoms with Crippen LogP contribution < -0.4 is 16.2 Å². The van der Waals surface area contributed by atoms with E-state index in [1.807, 2.05) is 12.1 Å². The zero-order valence-corrected chi connectivity index (χ0v) is 13.9. The molecule has 3 aromatic rings. The molecule has 1 aliphatic heterocycles. The Bertz CT molecular complexity index is 938. The number of carbonyl (C=O) groups is 1. The van der Waals surface area contributed by atoms with Gasteiger partial charge in [-0.3, -0.25) is 9.78 Å². The van der Waals surface area contributed by atoms with E-state index in [0.717, 1.165) is 16.7 Å². The van der Waals surface area contributed by atoms with Crippen molar-refractivity contribution < 1.29 is 9.18 Å². The number of nitrogens with two attached hydrogens (primary N) is 1. The summed E-state index contributed by atoms with van der Waals surface area (Å²) in [6.07, 6.45) is 3.36. The van der Waals surface area contributed by atoms with Crippen LogP contribution in [0.5, 0.6) is 0 Å². The second-order valence-electron chi connectivity index (χ2n) is 5.85. The number of hydrazine groups is 1. The molecule has 7 nitrogen and oxygen atoms in total. The molecule has 26 heavy (non-hydrogen) atoms. The Balaban J connectivity index is 1.97. The Hall–Kier alpha value is -3.10. The second-order valence-corrected chi connectivity index (χ2v) is 5.85. The van der Waals surface area contributed by atoms with Gasteiger partial charge < -0.3 is 5.73 Å². The van der Waals surface area contributed by atoms with Crippen LogP contribution in [-0.4, -0.2) is 33.8 Å². The van der Waals surface area contributed by atoms with Crippen molar-refractivity contribution in [3.05, 3.63) is 54.6 Å². The highest BCUT2D eigenvalue weighted by atomic mass is 19.1. The van der Waals surface area contributed by atoms with Gasteiger partial charge >= 0.3 is 0 Å². The molecule has 0 fully saturated rings. The van der Waals surface area contributed by atoms with Gasteiger partial charge in [0.2, 0.25) is 0 Å².